The molecule has 2 heterocycles. The van der Waals surface area contributed by atoms with Gasteiger partial charge in [-0.2, -0.15) is 0 Å². The first-order valence-electron chi connectivity index (χ1n) is 23.6. The van der Waals surface area contributed by atoms with Crippen molar-refractivity contribution in [3.63, 3.8) is 0 Å². The highest BCUT2D eigenvalue weighted by Gasteiger charge is 2.70. The van der Waals surface area contributed by atoms with Gasteiger partial charge in [0.15, 0.2) is 0 Å². The Labute approximate surface area is 360 Å². The summed E-state index contributed by atoms with van der Waals surface area (Å²) < 4.78 is 26.3. The Balaban J connectivity index is 0.000000154. The minimum Gasteiger partial charge on any atom is -0.404 e. The lowest BCUT2D eigenvalue weighted by Crippen LogP contribution is -2.65. The highest BCUT2D eigenvalue weighted by molar-refractivity contribution is 6.48. The van der Waals surface area contributed by atoms with Gasteiger partial charge in [0.2, 0.25) is 11.8 Å². The van der Waals surface area contributed by atoms with Gasteiger partial charge in [-0.1, -0.05) is 121 Å². The van der Waals surface area contributed by atoms with Crippen molar-refractivity contribution in [1.82, 2.24) is 10.6 Å². The average Bonchev–Trinajstić information content (AvgIpc) is 4.15. The zero-order valence-electron chi connectivity index (χ0n) is 37.4. The Hall–Kier alpha value is -2.69. The molecule has 0 spiro atoms. The summed E-state index contributed by atoms with van der Waals surface area (Å²) in [6.45, 7) is 16.0. The normalized spacial score (nSPS) is 35.9. The van der Waals surface area contributed by atoms with Crippen molar-refractivity contribution in [2.45, 2.75) is 167 Å². The summed E-state index contributed by atoms with van der Waals surface area (Å²) in [4.78, 5) is 26.0. The van der Waals surface area contributed by atoms with E-state index in [0.717, 1.165) is 49.5 Å². The summed E-state index contributed by atoms with van der Waals surface area (Å²) in [5, 5.41) is 6.55. The number of nitrogens with one attached hydrogen (secondary N) is 2. The highest BCUT2D eigenvalue weighted by atomic mass is 16.7. The van der Waals surface area contributed by atoms with Gasteiger partial charge in [0.25, 0.3) is 0 Å². The van der Waals surface area contributed by atoms with E-state index in [-0.39, 0.29) is 67.3 Å². The van der Waals surface area contributed by atoms with Gasteiger partial charge in [0.1, 0.15) is 0 Å². The number of hydrogen-bond acceptors (Lipinski definition) is 7. The molecule has 0 radical (unpaired) electrons. The van der Waals surface area contributed by atoms with Gasteiger partial charge in [0.05, 0.1) is 41.3 Å². The van der Waals surface area contributed by atoms with Gasteiger partial charge < -0.3 is 35.0 Å². The lowest BCUT2D eigenvalue weighted by Gasteiger charge is -2.64. The van der Waals surface area contributed by atoms with E-state index in [1.165, 1.54) is 44.1 Å². The summed E-state index contributed by atoms with van der Waals surface area (Å²) >= 11 is 0. The van der Waals surface area contributed by atoms with Gasteiger partial charge in [0, 0.05) is 5.92 Å². The van der Waals surface area contributed by atoms with E-state index in [9.17, 15) is 9.59 Å². The van der Waals surface area contributed by atoms with Crippen LogP contribution < -0.4 is 16.4 Å². The molecule has 2 saturated heterocycles. The summed E-state index contributed by atoms with van der Waals surface area (Å²) in [6.07, 6.45) is 13.1. The maximum Gasteiger partial charge on any atom is 0.481 e. The fraction of sp³-hybridized carbons (Fsp3) is 0.714. The minimum absolute atomic E-state index is 0.0500. The number of nitrogens with two attached hydrogens (primary N) is 1. The third kappa shape index (κ3) is 8.17. The SMILES string of the molecule is CC1(C)[C@@H]2C[C@H]3OB([C@H](CC4CC4)NC(=O)[C@@H](N)Cc4ccccc4)O[C@@]3(C)[C@H]1C2.C[C@@H](Cc1ccccc1)C(=O)N[C@@H](CC1CC1)B1O[C@@H]2C[C@@H]3C[C@@H](C3(C)C)[C@]2(C)O1. The number of rotatable bonds is 14. The van der Waals surface area contributed by atoms with Crippen molar-refractivity contribution >= 4 is 26.1 Å². The number of hydrogen-bond donors (Lipinski definition) is 3. The third-order valence-electron chi connectivity index (χ3n) is 17.3. The molecule has 2 aromatic rings. The smallest absolute Gasteiger partial charge is 0.404 e. The Morgan fingerprint density at radius 3 is 1.48 bits per heavy atom. The van der Waals surface area contributed by atoms with Crippen LogP contribution in [0.5, 0.6) is 0 Å². The van der Waals surface area contributed by atoms with Crippen molar-refractivity contribution in [1.29, 1.82) is 0 Å². The van der Waals surface area contributed by atoms with E-state index in [1.807, 2.05) is 55.5 Å². The molecule has 4 N–H and O–H groups in total. The van der Waals surface area contributed by atoms with Crippen molar-refractivity contribution in [3.05, 3.63) is 71.8 Å². The van der Waals surface area contributed by atoms with Gasteiger partial charge >= 0.3 is 14.2 Å². The zero-order valence-corrected chi connectivity index (χ0v) is 37.4. The van der Waals surface area contributed by atoms with E-state index < -0.39 is 6.04 Å². The molecule has 2 aliphatic heterocycles. The molecule has 2 amide bonds. The first kappa shape index (κ1) is 42.6. The van der Waals surface area contributed by atoms with Crippen LogP contribution in [0.2, 0.25) is 0 Å². The van der Waals surface area contributed by atoms with Gasteiger partial charge in [-0.15, -0.1) is 0 Å². The second kappa shape index (κ2) is 16.1. The standard InChI is InChI=1S/C25H36BNO3.C24H35BN2O3/c1-16(12-17-8-6-5-7-9-17)23(28)27-22(13-18-10-11-18)26-29-21-15-19-14-20(24(19,2)3)25(21,4)30-26;1-23(2)17-13-19(23)24(3)20(14-17)29-25(30-24)21(12-16-9-10-16)27-22(28)18(26)11-15-7-5-4-6-8-15/h5-9,16,18-22H,10-15H2,1-4H3,(H,27,28);4-8,16-21H,9-14,26H2,1-3H3,(H,27,28)/t16-,19-,20-,21+,22-,25-;17-,18-,19-,20+,21-,24-/m00/s1. The van der Waals surface area contributed by atoms with E-state index >= 15 is 0 Å². The summed E-state index contributed by atoms with van der Waals surface area (Å²) in [5.74, 6) is 3.65. The molecular weight excluding hydrogens is 748 g/mol. The maximum absolute atomic E-state index is 13.1. The van der Waals surface area contributed by atoms with Crippen molar-refractivity contribution in [3.8, 4) is 0 Å². The van der Waals surface area contributed by atoms with E-state index in [1.54, 1.807) is 0 Å². The molecule has 12 rings (SSSR count). The largest absolute Gasteiger partial charge is 0.481 e. The van der Waals surface area contributed by atoms with Crippen LogP contribution in [0.1, 0.15) is 124 Å². The molecule has 60 heavy (non-hydrogen) atoms. The van der Waals surface area contributed by atoms with Crippen molar-refractivity contribution in [2.75, 3.05) is 0 Å². The lowest BCUT2D eigenvalue weighted by molar-refractivity contribution is -0.199. The molecule has 10 aliphatic rings. The summed E-state index contributed by atoms with van der Waals surface area (Å²) in [5.41, 5.74) is 8.72. The monoisotopic (exact) mass is 820 g/mol. The van der Waals surface area contributed by atoms with Crippen LogP contribution in [0.3, 0.4) is 0 Å². The van der Waals surface area contributed by atoms with Crippen LogP contribution in [-0.4, -0.2) is 67.4 Å². The van der Waals surface area contributed by atoms with Crippen LogP contribution in [-0.2, 0) is 41.0 Å². The minimum atomic E-state index is -0.569. The fourth-order valence-electron chi connectivity index (χ4n) is 12.7. The molecular formula is C49H71B2N3O6. The first-order valence-corrected chi connectivity index (χ1v) is 23.6. The molecule has 11 heteroatoms. The second-order valence-electron chi connectivity index (χ2n) is 22.1. The summed E-state index contributed by atoms with van der Waals surface area (Å²) in [7, 11) is -0.688. The molecule has 0 unspecified atom stereocenters. The fourth-order valence-corrected chi connectivity index (χ4v) is 12.7. The molecule has 10 fully saturated rings. The molecule has 12 atom stereocenters. The van der Waals surface area contributed by atoms with E-state index in [4.69, 9.17) is 24.4 Å². The van der Waals surface area contributed by atoms with E-state index in [2.05, 4.69) is 64.3 Å². The zero-order chi connectivity index (χ0) is 42.2. The molecule has 0 aromatic heterocycles. The molecule has 4 bridgehead atoms. The van der Waals surface area contributed by atoms with Crippen LogP contribution in [0.15, 0.2) is 60.7 Å². The Morgan fingerprint density at radius 1 is 0.650 bits per heavy atom. The Bertz CT molecular complexity index is 1730. The number of carbonyl (C=O) groups is 2. The Morgan fingerprint density at radius 2 is 1.07 bits per heavy atom. The van der Waals surface area contributed by atoms with E-state index in [0.29, 0.717) is 40.9 Å². The summed E-state index contributed by atoms with van der Waals surface area (Å²) in [6, 6.07) is 19.6. The number of carbonyl (C=O) groups excluding carboxylic acids is 2. The van der Waals surface area contributed by atoms with Crippen LogP contribution in [0.25, 0.3) is 0 Å². The lowest BCUT2D eigenvalue weighted by atomic mass is 9.43. The first-order chi connectivity index (χ1) is 28.5. The molecule has 8 saturated carbocycles. The topological polar surface area (TPSA) is 121 Å². The van der Waals surface area contributed by atoms with Gasteiger partial charge in [-0.3, -0.25) is 9.59 Å². The predicted octanol–water partition coefficient (Wildman–Crippen LogP) is 7.53. The third-order valence-corrected chi connectivity index (χ3v) is 17.3. The molecule has 9 nitrogen and oxygen atoms in total. The van der Waals surface area contributed by atoms with Crippen molar-refractivity contribution < 1.29 is 28.2 Å². The average molecular weight is 820 g/mol. The van der Waals surface area contributed by atoms with Crippen LogP contribution >= 0.6 is 0 Å². The molecule has 324 valence electrons. The van der Waals surface area contributed by atoms with Crippen LogP contribution in [0.4, 0.5) is 0 Å². The maximum atomic E-state index is 13.1. The van der Waals surface area contributed by atoms with Crippen LogP contribution in [0, 0.1) is 52.3 Å². The Kier molecular flexibility index (Phi) is 11.5. The number of benzene rings is 2. The van der Waals surface area contributed by atoms with Gasteiger partial charge in [-0.05, 0) is 123 Å². The quantitative estimate of drug-likeness (QED) is 0.169. The molecule has 8 aliphatic carbocycles. The highest BCUT2D eigenvalue weighted by Crippen LogP contribution is 2.67. The predicted molar refractivity (Wildman–Crippen MR) is 236 cm³/mol. The van der Waals surface area contributed by atoms with Crippen molar-refractivity contribution in [2.24, 2.45) is 58.0 Å². The van der Waals surface area contributed by atoms with Gasteiger partial charge in [-0.25, -0.2) is 0 Å². The number of amides is 2. The second-order valence-corrected chi connectivity index (χ2v) is 22.1. The molecule has 2 aromatic carbocycles.